The summed E-state index contributed by atoms with van der Waals surface area (Å²) in [6.07, 6.45) is 2.60. The molecule has 0 aliphatic carbocycles. The van der Waals surface area contributed by atoms with Crippen molar-refractivity contribution < 1.29 is 13.3 Å². The lowest BCUT2D eigenvalue weighted by atomic mass is 10.1. The van der Waals surface area contributed by atoms with Crippen LogP contribution in [0.1, 0.15) is 33.1 Å². The van der Waals surface area contributed by atoms with Crippen LogP contribution in [0.2, 0.25) is 0 Å². The van der Waals surface area contributed by atoms with Gasteiger partial charge < -0.3 is 5.73 Å². The molecule has 1 rings (SSSR count). The highest BCUT2D eigenvalue weighted by atomic mass is 32.2. The summed E-state index contributed by atoms with van der Waals surface area (Å²) in [5.74, 6) is 0.566. The lowest BCUT2D eigenvalue weighted by molar-refractivity contribution is -0.386. The van der Waals surface area contributed by atoms with Crippen LogP contribution in [-0.4, -0.2) is 19.9 Å². The van der Waals surface area contributed by atoms with E-state index in [9.17, 15) is 18.5 Å². The molecule has 0 heterocycles. The summed E-state index contributed by atoms with van der Waals surface area (Å²) < 4.78 is 26.7. The van der Waals surface area contributed by atoms with E-state index in [4.69, 9.17) is 5.73 Å². The SMILES string of the molecule is CC(C)CCCCNS(=O)(=O)c1cccc(N)c1[N+](=O)[O-]. The van der Waals surface area contributed by atoms with Gasteiger partial charge in [0.1, 0.15) is 5.69 Å². The number of nitrogens with one attached hydrogen (secondary N) is 1. The molecule has 0 radical (unpaired) electrons. The highest BCUT2D eigenvalue weighted by Gasteiger charge is 2.27. The summed E-state index contributed by atoms with van der Waals surface area (Å²) in [6.45, 7) is 4.45. The Hall–Kier alpha value is -1.67. The molecule has 0 aliphatic heterocycles. The van der Waals surface area contributed by atoms with Crippen LogP contribution in [-0.2, 0) is 10.0 Å². The Morgan fingerprint density at radius 3 is 2.57 bits per heavy atom. The molecule has 0 saturated heterocycles. The number of nitrogens with zero attached hydrogens (tertiary/aromatic N) is 1. The number of nitrogens with two attached hydrogens (primary N) is 1. The number of nitro groups is 1. The summed E-state index contributed by atoms with van der Waals surface area (Å²) in [4.78, 5) is 9.81. The molecule has 0 aromatic heterocycles. The minimum atomic E-state index is -3.93. The van der Waals surface area contributed by atoms with Gasteiger partial charge in [-0.2, -0.15) is 0 Å². The molecule has 0 spiro atoms. The number of unbranched alkanes of at least 4 members (excludes halogenated alkanes) is 1. The van der Waals surface area contributed by atoms with E-state index in [1.165, 1.54) is 18.2 Å². The number of hydrogen-bond donors (Lipinski definition) is 2. The van der Waals surface area contributed by atoms with E-state index in [1.807, 2.05) is 0 Å². The Kier molecular flexibility index (Phi) is 6.10. The van der Waals surface area contributed by atoms with Crippen molar-refractivity contribution in [2.75, 3.05) is 12.3 Å². The van der Waals surface area contributed by atoms with Gasteiger partial charge in [0, 0.05) is 6.54 Å². The largest absolute Gasteiger partial charge is 0.393 e. The standard InChI is InChI=1S/C13H21N3O4S/c1-10(2)6-3-4-9-15-21(19,20)12-8-5-7-11(14)13(12)16(17)18/h5,7-8,10,15H,3-4,6,9,14H2,1-2H3. The van der Waals surface area contributed by atoms with Gasteiger partial charge in [0.2, 0.25) is 10.0 Å². The zero-order chi connectivity index (χ0) is 16.0. The van der Waals surface area contributed by atoms with Crippen LogP contribution in [0.3, 0.4) is 0 Å². The summed E-state index contributed by atoms with van der Waals surface area (Å²) in [7, 11) is -3.93. The third-order valence-electron chi connectivity index (χ3n) is 3.00. The monoisotopic (exact) mass is 315 g/mol. The maximum atomic E-state index is 12.1. The predicted molar refractivity (Wildman–Crippen MR) is 81.4 cm³/mol. The fourth-order valence-corrected chi connectivity index (χ4v) is 3.19. The van der Waals surface area contributed by atoms with E-state index in [0.29, 0.717) is 12.3 Å². The smallest absolute Gasteiger partial charge is 0.312 e. The number of nitro benzene ring substituents is 1. The number of rotatable bonds is 8. The molecule has 0 unspecified atom stereocenters. The van der Waals surface area contributed by atoms with Crippen LogP contribution in [0.15, 0.2) is 23.1 Å². The summed E-state index contributed by atoms with van der Waals surface area (Å²) >= 11 is 0. The molecular weight excluding hydrogens is 294 g/mol. The molecular formula is C13H21N3O4S. The van der Waals surface area contributed by atoms with E-state index in [-0.39, 0.29) is 12.2 Å². The number of anilines is 1. The molecule has 21 heavy (non-hydrogen) atoms. The van der Waals surface area contributed by atoms with Gasteiger partial charge >= 0.3 is 5.69 Å². The Morgan fingerprint density at radius 2 is 2.00 bits per heavy atom. The van der Waals surface area contributed by atoms with Crippen molar-refractivity contribution >= 4 is 21.4 Å². The molecule has 0 bridgehead atoms. The van der Waals surface area contributed by atoms with Gasteiger partial charge in [-0.05, 0) is 24.5 Å². The average molecular weight is 315 g/mol. The van der Waals surface area contributed by atoms with Crippen molar-refractivity contribution in [2.24, 2.45) is 5.92 Å². The van der Waals surface area contributed by atoms with Crippen LogP contribution < -0.4 is 10.5 Å². The molecule has 118 valence electrons. The molecule has 0 aliphatic rings. The first-order valence-electron chi connectivity index (χ1n) is 6.78. The zero-order valence-corrected chi connectivity index (χ0v) is 13.0. The summed E-state index contributed by atoms with van der Waals surface area (Å²) in [6, 6.07) is 3.88. The van der Waals surface area contributed by atoms with Crippen molar-refractivity contribution in [1.82, 2.24) is 4.72 Å². The minimum Gasteiger partial charge on any atom is -0.393 e. The lowest BCUT2D eigenvalue weighted by Crippen LogP contribution is -2.25. The molecule has 1 aromatic carbocycles. The van der Waals surface area contributed by atoms with Crippen molar-refractivity contribution in [3.05, 3.63) is 28.3 Å². The normalized spacial score (nSPS) is 11.8. The van der Waals surface area contributed by atoms with Gasteiger partial charge in [0.25, 0.3) is 0 Å². The van der Waals surface area contributed by atoms with E-state index in [0.717, 1.165) is 12.8 Å². The maximum absolute atomic E-state index is 12.1. The number of nitrogen functional groups attached to an aromatic ring is 1. The van der Waals surface area contributed by atoms with E-state index in [1.54, 1.807) is 0 Å². The third kappa shape index (κ3) is 4.98. The zero-order valence-electron chi connectivity index (χ0n) is 12.2. The van der Waals surface area contributed by atoms with Gasteiger partial charge in [0.15, 0.2) is 4.90 Å². The Balaban J connectivity index is 2.80. The van der Waals surface area contributed by atoms with E-state index in [2.05, 4.69) is 18.6 Å². The quantitative estimate of drug-likeness (QED) is 0.330. The predicted octanol–water partition coefficient (Wildman–Crippen LogP) is 2.28. The van der Waals surface area contributed by atoms with Gasteiger partial charge in [-0.15, -0.1) is 0 Å². The minimum absolute atomic E-state index is 0.164. The molecule has 8 heteroatoms. The summed E-state index contributed by atoms with van der Waals surface area (Å²) in [5, 5.41) is 11.0. The molecule has 0 fully saturated rings. The van der Waals surface area contributed by atoms with Crippen LogP contribution in [0.25, 0.3) is 0 Å². The van der Waals surface area contributed by atoms with E-state index < -0.39 is 25.5 Å². The highest BCUT2D eigenvalue weighted by molar-refractivity contribution is 7.89. The molecule has 7 nitrogen and oxygen atoms in total. The van der Waals surface area contributed by atoms with Crippen LogP contribution in [0.4, 0.5) is 11.4 Å². The molecule has 3 N–H and O–H groups in total. The Labute approximate surface area is 124 Å². The van der Waals surface area contributed by atoms with Crippen molar-refractivity contribution in [3.8, 4) is 0 Å². The topological polar surface area (TPSA) is 115 Å². The Bertz CT molecular complexity index is 599. The second-order valence-corrected chi connectivity index (χ2v) is 6.97. The van der Waals surface area contributed by atoms with E-state index >= 15 is 0 Å². The van der Waals surface area contributed by atoms with Crippen LogP contribution in [0.5, 0.6) is 0 Å². The molecule has 0 atom stereocenters. The number of para-hydroxylation sites is 1. The van der Waals surface area contributed by atoms with Crippen LogP contribution >= 0.6 is 0 Å². The van der Waals surface area contributed by atoms with Crippen molar-refractivity contribution in [2.45, 2.75) is 38.0 Å². The van der Waals surface area contributed by atoms with Crippen molar-refractivity contribution in [3.63, 3.8) is 0 Å². The number of hydrogen-bond acceptors (Lipinski definition) is 5. The molecule has 0 amide bonds. The molecule has 0 saturated carbocycles. The first-order chi connectivity index (χ1) is 9.75. The fraction of sp³-hybridized carbons (Fsp3) is 0.538. The maximum Gasteiger partial charge on any atom is 0.312 e. The first kappa shape index (κ1) is 17.4. The highest BCUT2D eigenvalue weighted by Crippen LogP contribution is 2.29. The number of sulfonamides is 1. The van der Waals surface area contributed by atoms with Gasteiger partial charge in [-0.25, -0.2) is 13.1 Å². The van der Waals surface area contributed by atoms with Crippen LogP contribution in [0, 0.1) is 16.0 Å². The second kappa shape index (κ2) is 7.37. The fourth-order valence-electron chi connectivity index (χ4n) is 1.91. The number of benzene rings is 1. The van der Waals surface area contributed by atoms with Gasteiger partial charge in [0.05, 0.1) is 4.92 Å². The lowest BCUT2D eigenvalue weighted by Gasteiger charge is -2.09. The Morgan fingerprint density at radius 1 is 1.33 bits per heavy atom. The van der Waals surface area contributed by atoms with Crippen molar-refractivity contribution in [1.29, 1.82) is 0 Å². The molecule has 1 aromatic rings. The first-order valence-corrected chi connectivity index (χ1v) is 8.26. The van der Waals surface area contributed by atoms with Gasteiger partial charge in [-0.1, -0.05) is 32.8 Å². The summed E-state index contributed by atoms with van der Waals surface area (Å²) in [5.41, 5.74) is 4.75. The third-order valence-corrected chi connectivity index (χ3v) is 4.50. The van der Waals surface area contributed by atoms with Gasteiger partial charge in [-0.3, -0.25) is 10.1 Å². The second-order valence-electron chi connectivity index (χ2n) is 5.24. The average Bonchev–Trinajstić information content (AvgIpc) is 2.37.